The molecule has 0 aliphatic heterocycles. The van der Waals surface area contributed by atoms with Crippen LogP contribution < -0.4 is 10.1 Å². The van der Waals surface area contributed by atoms with Crippen molar-refractivity contribution in [3.8, 4) is 5.75 Å². The van der Waals surface area contributed by atoms with E-state index in [1.54, 1.807) is 6.20 Å². The number of hydrogen-bond acceptors (Lipinski definition) is 4. The van der Waals surface area contributed by atoms with E-state index in [4.69, 9.17) is 4.74 Å². The lowest BCUT2D eigenvalue weighted by molar-refractivity contribution is 0.313. The Morgan fingerprint density at radius 1 is 1.15 bits per heavy atom. The van der Waals surface area contributed by atoms with E-state index < -0.39 is 0 Å². The van der Waals surface area contributed by atoms with Crippen LogP contribution in [0.4, 0.5) is 5.82 Å². The van der Waals surface area contributed by atoms with Crippen molar-refractivity contribution >= 4 is 5.82 Å². The Kier molecular flexibility index (Phi) is 4.93. The van der Waals surface area contributed by atoms with Crippen LogP contribution in [0, 0.1) is 20.8 Å². The van der Waals surface area contributed by atoms with Crippen LogP contribution in [-0.4, -0.2) is 23.1 Å². The smallest absolute Gasteiger partial charge is 0.147 e. The molecule has 4 nitrogen and oxygen atoms in total. The SMILES string of the molecule is Cc1cnc(C)c(NCCCOc2ccccc2C)n1. The number of hydrogen-bond donors (Lipinski definition) is 1. The summed E-state index contributed by atoms with van der Waals surface area (Å²) >= 11 is 0. The molecule has 1 heterocycles. The lowest BCUT2D eigenvalue weighted by atomic mass is 10.2. The molecular formula is C16H21N3O. The van der Waals surface area contributed by atoms with Crippen LogP contribution in [0.5, 0.6) is 5.75 Å². The molecule has 0 radical (unpaired) electrons. The van der Waals surface area contributed by atoms with Gasteiger partial charge in [0.25, 0.3) is 0 Å². The van der Waals surface area contributed by atoms with E-state index in [9.17, 15) is 0 Å². The van der Waals surface area contributed by atoms with Crippen LogP contribution in [0.15, 0.2) is 30.5 Å². The predicted molar refractivity (Wildman–Crippen MR) is 81.3 cm³/mol. The van der Waals surface area contributed by atoms with Crippen LogP contribution in [0.1, 0.15) is 23.4 Å². The lowest BCUT2D eigenvalue weighted by Crippen LogP contribution is -2.10. The Bertz CT molecular complexity index is 569. The van der Waals surface area contributed by atoms with Gasteiger partial charge in [-0.15, -0.1) is 0 Å². The fourth-order valence-electron chi connectivity index (χ4n) is 1.88. The van der Waals surface area contributed by atoms with Gasteiger partial charge in [0, 0.05) is 12.7 Å². The molecule has 20 heavy (non-hydrogen) atoms. The highest BCUT2D eigenvalue weighted by Gasteiger charge is 2.01. The van der Waals surface area contributed by atoms with E-state index in [1.807, 2.05) is 32.0 Å². The van der Waals surface area contributed by atoms with E-state index in [1.165, 1.54) is 5.56 Å². The highest BCUT2D eigenvalue weighted by atomic mass is 16.5. The van der Waals surface area contributed by atoms with E-state index in [-0.39, 0.29) is 0 Å². The Morgan fingerprint density at radius 2 is 1.95 bits per heavy atom. The Hall–Kier alpha value is -2.10. The van der Waals surface area contributed by atoms with Gasteiger partial charge in [-0.2, -0.15) is 0 Å². The van der Waals surface area contributed by atoms with Gasteiger partial charge in [0.05, 0.1) is 18.0 Å². The molecule has 0 aliphatic carbocycles. The molecule has 0 bridgehead atoms. The summed E-state index contributed by atoms with van der Waals surface area (Å²) in [5, 5.41) is 3.30. The fraction of sp³-hybridized carbons (Fsp3) is 0.375. The fourth-order valence-corrected chi connectivity index (χ4v) is 1.88. The summed E-state index contributed by atoms with van der Waals surface area (Å²) in [6, 6.07) is 8.06. The first-order chi connectivity index (χ1) is 9.66. The van der Waals surface area contributed by atoms with Gasteiger partial charge < -0.3 is 10.1 Å². The van der Waals surface area contributed by atoms with Gasteiger partial charge in [0.15, 0.2) is 0 Å². The molecule has 1 aromatic heterocycles. The van der Waals surface area contributed by atoms with E-state index >= 15 is 0 Å². The quantitative estimate of drug-likeness (QED) is 0.819. The van der Waals surface area contributed by atoms with Crippen molar-refractivity contribution in [2.45, 2.75) is 27.2 Å². The maximum absolute atomic E-state index is 5.75. The minimum atomic E-state index is 0.691. The second-order valence-corrected chi connectivity index (χ2v) is 4.84. The van der Waals surface area contributed by atoms with Crippen LogP contribution in [0.3, 0.4) is 0 Å². The number of anilines is 1. The van der Waals surface area contributed by atoms with Gasteiger partial charge in [0.1, 0.15) is 11.6 Å². The molecule has 0 amide bonds. The normalized spacial score (nSPS) is 10.3. The summed E-state index contributed by atoms with van der Waals surface area (Å²) in [6.45, 7) is 7.47. The third-order valence-electron chi connectivity index (χ3n) is 3.04. The maximum atomic E-state index is 5.75. The minimum Gasteiger partial charge on any atom is -0.493 e. The van der Waals surface area contributed by atoms with Crippen LogP contribution in [0.25, 0.3) is 0 Å². The number of nitrogens with one attached hydrogen (secondary N) is 1. The first-order valence-corrected chi connectivity index (χ1v) is 6.89. The molecule has 0 unspecified atom stereocenters. The number of benzene rings is 1. The number of ether oxygens (including phenoxy) is 1. The topological polar surface area (TPSA) is 47.0 Å². The highest BCUT2D eigenvalue weighted by Crippen LogP contribution is 2.16. The second-order valence-electron chi connectivity index (χ2n) is 4.84. The third kappa shape index (κ3) is 3.95. The second kappa shape index (κ2) is 6.89. The van der Waals surface area contributed by atoms with Crippen LogP contribution >= 0.6 is 0 Å². The summed E-state index contributed by atoms with van der Waals surface area (Å²) in [6.07, 6.45) is 2.70. The number of rotatable bonds is 6. The maximum Gasteiger partial charge on any atom is 0.147 e. The van der Waals surface area contributed by atoms with Gasteiger partial charge >= 0.3 is 0 Å². The van der Waals surface area contributed by atoms with Gasteiger partial charge in [-0.25, -0.2) is 4.98 Å². The number of nitrogens with zero attached hydrogens (tertiary/aromatic N) is 2. The summed E-state index contributed by atoms with van der Waals surface area (Å²) in [5.41, 5.74) is 3.02. The molecule has 4 heteroatoms. The first-order valence-electron chi connectivity index (χ1n) is 6.89. The molecule has 0 saturated carbocycles. The van der Waals surface area contributed by atoms with Crippen molar-refractivity contribution in [3.63, 3.8) is 0 Å². The van der Waals surface area contributed by atoms with Gasteiger partial charge in [-0.1, -0.05) is 18.2 Å². The zero-order valence-corrected chi connectivity index (χ0v) is 12.3. The molecule has 0 aliphatic rings. The molecule has 2 rings (SSSR count). The highest BCUT2D eigenvalue weighted by molar-refractivity contribution is 5.39. The average molecular weight is 271 g/mol. The molecule has 0 spiro atoms. The van der Waals surface area contributed by atoms with Crippen LogP contribution in [-0.2, 0) is 0 Å². The van der Waals surface area contributed by atoms with E-state index in [2.05, 4.69) is 28.3 Å². The zero-order valence-electron chi connectivity index (χ0n) is 12.3. The molecule has 1 aromatic carbocycles. The average Bonchev–Trinajstić information content (AvgIpc) is 2.44. The lowest BCUT2D eigenvalue weighted by Gasteiger charge is -2.10. The summed E-state index contributed by atoms with van der Waals surface area (Å²) in [5.74, 6) is 1.82. The van der Waals surface area contributed by atoms with Crippen molar-refractivity contribution in [2.24, 2.45) is 0 Å². The first kappa shape index (κ1) is 14.3. The minimum absolute atomic E-state index is 0.691. The van der Waals surface area contributed by atoms with Crippen molar-refractivity contribution < 1.29 is 4.74 Å². The van der Waals surface area contributed by atoms with Crippen molar-refractivity contribution in [1.82, 2.24) is 9.97 Å². The summed E-state index contributed by atoms with van der Waals surface area (Å²) in [7, 11) is 0. The Labute approximate surface area is 120 Å². The van der Waals surface area contributed by atoms with Gasteiger partial charge in [0.2, 0.25) is 0 Å². The monoisotopic (exact) mass is 271 g/mol. The molecule has 2 aromatic rings. The predicted octanol–water partition coefficient (Wildman–Crippen LogP) is 3.28. The molecule has 106 valence electrons. The largest absolute Gasteiger partial charge is 0.493 e. The van der Waals surface area contributed by atoms with Gasteiger partial charge in [-0.05, 0) is 38.8 Å². The van der Waals surface area contributed by atoms with Crippen LogP contribution in [0.2, 0.25) is 0 Å². The molecular weight excluding hydrogens is 250 g/mol. The Morgan fingerprint density at radius 3 is 2.75 bits per heavy atom. The Balaban J connectivity index is 1.74. The molecule has 0 atom stereocenters. The van der Waals surface area contributed by atoms with Gasteiger partial charge in [-0.3, -0.25) is 4.98 Å². The summed E-state index contributed by atoms with van der Waals surface area (Å²) in [4.78, 5) is 8.71. The number of aryl methyl sites for hydroxylation is 3. The molecule has 1 N–H and O–H groups in total. The van der Waals surface area contributed by atoms with Crippen molar-refractivity contribution in [1.29, 1.82) is 0 Å². The third-order valence-corrected chi connectivity index (χ3v) is 3.04. The standard InChI is InChI=1S/C16H21N3O/c1-12-7-4-5-8-15(12)20-10-6-9-17-16-14(3)18-11-13(2)19-16/h4-5,7-8,11H,6,9-10H2,1-3H3,(H,17,19). The zero-order chi connectivity index (χ0) is 14.4. The molecule has 0 fully saturated rings. The van der Waals surface area contributed by atoms with Crippen molar-refractivity contribution in [2.75, 3.05) is 18.5 Å². The van der Waals surface area contributed by atoms with E-state index in [0.29, 0.717) is 6.61 Å². The van der Waals surface area contributed by atoms with Crippen molar-refractivity contribution in [3.05, 3.63) is 47.4 Å². The molecule has 0 saturated heterocycles. The number of para-hydroxylation sites is 1. The summed E-state index contributed by atoms with van der Waals surface area (Å²) < 4.78 is 5.75. The van der Waals surface area contributed by atoms with E-state index in [0.717, 1.165) is 35.9 Å². The number of aromatic nitrogens is 2.